The van der Waals surface area contributed by atoms with Gasteiger partial charge in [0.2, 0.25) is 0 Å². The van der Waals surface area contributed by atoms with Crippen molar-refractivity contribution in [1.82, 2.24) is 0 Å². The van der Waals surface area contributed by atoms with E-state index in [1.54, 1.807) is 36.4 Å². The first-order chi connectivity index (χ1) is 14.2. The molecule has 2 aromatic rings. The Labute approximate surface area is 175 Å². The highest BCUT2D eigenvalue weighted by atomic mass is 16.5. The molecule has 7 heteroatoms. The normalized spacial score (nSPS) is 11.3. The molecule has 0 spiro atoms. The average molecular weight is 411 g/mol. The lowest BCUT2D eigenvalue weighted by molar-refractivity contribution is -0.153. The van der Waals surface area contributed by atoms with Crippen molar-refractivity contribution in [2.45, 2.75) is 39.7 Å². The van der Waals surface area contributed by atoms with Crippen molar-refractivity contribution >= 4 is 29.1 Å². The number of ether oxygens (including phenoxy) is 2. The van der Waals surface area contributed by atoms with Crippen LogP contribution in [-0.2, 0) is 14.3 Å². The number of carbonyl (C=O) groups is 4. The van der Waals surface area contributed by atoms with Crippen molar-refractivity contribution in [3.05, 3.63) is 59.2 Å². The predicted octanol–water partition coefficient (Wildman–Crippen LogP) is 3.74. The number of Topliss-reactive ketones (excluding diaryl/α,β-unsaturated/α-hetero) is 2. The lowest BCUT2D eigenvalue weighted by Gasteiger charge is -2.14. The van der Waals surface area contributed by atoms with Gasteiger partial charge in [-0.1, -0.05) is 11.6 Å². The minimum atomic E-state index is -1.03. The molecule has 2 aromatic carbocycles. The highest BCUT2D eigenvalue weighted by Crippen LogP contribution is 2.22. The van der Waals surface area contributed by atoms with E-state index in [4.69, 9.17) is 9.47 Å². The van der Waals surface area contributed by atoms with Crippen LogP contribution in [0.25, 0.3) is 0 Å². The number of esters is 1. The molecule has 0 aliphatic rings. The largest absolute Gasteiger partial charge is 0.496 e. The van der Waals surface area contributed by atoms with Crippen molar-refractivity contribution in [2.75, 3.05) is 12.4 Å². The minimum Gasteiger partial charge on any atom is -0.496 e. The maximum Gasteiger partial charge on any atom is 0.307 e. The number of nitrogens with one attached hydrogen (secondary N) is 1. The monoisotopic (exact) mass is 411 g/mol. The van der Waals surface area contributed by atoms with Crippen LogP contribution in [0.1, 0.15) is 53.0 Å². The first-order valence-corrected chi connectivity index (χ1v) is 9.50. The Bertz CT molecular complexity index is 949. The van der Waals surface area contributed by atoms with Crippen molar-refractivity contribution in [2.24, 2.45) is 0 Å². The topological polar surface area (TPSA) is 98.8 Å². The number of amides is 1. The second-order valence-electron chi connectivity index (χ2n) is 6.88. The molecule has 0 aliphatic carbocycles. The molecule has 158 valence electrons. The van der Waals surface area contributed by atoms with Crippen LogP contribution in [-0.4, -0.2) is 36.7 Å². The third kappa shape index (κ3) is 6.27. The number of aryl methyl sites for hydroxylation is 1. The van der Waals surface area contributed by atoms with Gasteiger partial charge in [-0.15, -0.1) is 0 Å². The summed E-state index contributed by atoms with van der Waals surface area (Å²) in [5.41, 5.74) is 2.32. The van der Waals surface area contributed by atoms with Gasteiger partial charge in [-0.25, -0.2) is 0 Å². The van der Waals surface area contributed by atoms with Crippen LogP contribution >= 0.6 is 0 Å². The summed E-state index contributed by atoms with van der Waals surface area (Å²) < 4.78 is 10.3. The van der Waals surface area contributed by atoms with E-state index in [2.05, 4.69) is 5.32 Å². The van der Waals surface area contributed by atoms with Gasteiger partial charge in [0.05, 0.1) is 19.1 Å². The number of carbonyl (C=O) groups excluding carboxylic acids is 4. The molecule has 0 radical (unpaired) electrons. The van der Waals surface area contributed by atoms with Crippen LogP contribution in [0.4, 0.5) is 5.69 Å². The summed E-state index contributed by atoms with van der Waals surface area (Å²) in [5.74, 6) is -1.03. The smallest absolute Gasteiger partial charge is 0.307 e. The number of hydrogen-bond acceptors (Lipinski definition) is 6. The fourth-order valence-corrected chi connectivity index (χ4v) is 2.73. The fraction of sp³-hybridized carbons (Fsp3) is 0.304. The molecule has 7 nitrogen and oxygen atoms in total. The van der Waals surface area contributed by atoms with Crippen LogP contribution in [0.2, 0.25) is 0 Å². The van der Waals surface area contributed by atoms with E-state index in [1.807, 2.05) is 13.0 Å². The Morgan fingerprint density at radius 2 is 1.67 bits per heavy atom. The van der Waals surface area contributed by atoms with Crippen LogP contribution in [0.3, 0.4) is 0 Å². The Hall–Kier alpha value is -3.48. The lowest BCUT2D eigenvalue weighted by Crippen LogP contribution is -2.30. The van der Waals surface area contributed by atoms with E-state index < -0.39 is 18.0 Å². The number of ketones is 2. The molecule has 0 fully saturated rings. The van der Waals surface area contributed by atoms with Crippen LogP contribution in [0, 0.1) is 6.92 Å². The van der Waals surface area contributed by atoms with Crippen molar-refractivity contribution in [1.29, 1.82) is 0 Å². The molecule has 0 aromatic heterocycles. The zero-order valence-electron chi connectivity index (χ0n) is 17.5. The van der Waals surface area contributed by atoms with Gasteiger partial charge in [-0.3, -0.25) is 19.2 Å². The number of anilines is 1. The van der Waals surface area contributed by atoms with Gasteiger partial charge in [0, 0.05) is 17.7 Å². The summed E-state index contributed by atoms with van der Waals surface area (Å²) in [6.45, 7) is 4.76. The van der Waals surface area contributed by atoms with Gasteiger partial charge in [-0.05, 0) is 57.2 Å². The summed E-state index contributed by atoms with van der Waals surface area (Å²) in [4.78, 5) is 48.0. The second-order valence-corrected chi connectivity index (χ2v) is 6.88. The highest BCUT2D eigenvalue weighted by molar-refractivity contribution is 6.00. The summed E-state index contributed by atoms with van der Waals surface area (Å²) in [6.07, 6.45) is -1.24. The van der Waals surface area contributed by atoms with Gasteiger partial charge in [0.25, 0.3) is 5.91 Å². The van der Waals surface area contributed by atoms with E-state index in [1.165, 1.54) is 21.0 Å². The van der Waals surface area contributed by atoms with Gasteiger partial charge in [0.1, 0.15) is 5.75 Å². The molecular weight excluding hydrogens is 386 g/mol. The molecule has 1 N–H and O–H groups in total. The summed E-state index contributed by atoms with van der Waals surface area (Å²) in [5, 5.41) is 2.61. The quantitative estimate of drug-likeness (QED) is 0.499. The summed E-state index contributed by atoms with van der Waals surface area (Å²) >= 11 is 0. The molecule has 0 saturated heterocycles. The molecule has 0 heterocycles. The summed E-state index contributed by atoms with van der Waals surface area (Å²) in [7, 11) is 1.48. The molecule has 1 amide bonds. The first-order valence-electron chi connectivity index (χ1n) is 9.50. The minimum absolute atomic E-state index is 0.0561. The molecule has 30 heavy (non-hydrogen) atoms. The van der Waals surface area contributed by atoms with E-state index in [9.17, 15) is 19.2 Å². The summed E-state index contributed by atoms with van der Waals surface area (Å²) in [6, 6.07) is 11.6. The molecule has 0 bridgehead atoms. The standard InChI is InChI=1S/C23H25NO6/c1-14-5-11-21(29-4)19(13-14)20(26)10-12-22(27)30-16(3)23(28)24-18-8-6-17(7-9-18)15(2)25/h5-9,11,13,16H,10,12H2,1-4H3,(H,24,28). The molecule has 1 unspecified atom stereocenters. The van der Waals surface area contributed by atoms with Crippen molar-refractivity contribution in [3.63, 3.8) is 0 Å². The maximum absolute atomic E-state index is 12.4. The van der Waals surface area contributed by atoms with Gasteiger partial charge in [-0.2, -0.15) is 0 Å². The second kappa shape index (κ2) is 10.3. The molecule has 2 rings (SSSR count). The first kappa shape index (κ1) is 22.8. The molecule has 1 atom stereocenters. The van der Waals surface area contributed by atoms with Crippen LogP contribution < -0.4 is 10.1 Å². The maximum atomic E-state index is 12.4. The SMILES string of the molecule is COc1ccc(C)cc1C(=O)CCC(=O)OC(C)C(=O)Nc1ccc(C(C)=O)cc1. The Morgan fingerprint density at radius 1 is 1.00 bits per heavy atom. The van der Waals surface area contributed by atoms with Gasteiger partial charge >= 0.3 is 5.97 Å². The van der Waals surface area contributed by atoms with Crippen LogP contribution in [0.5, 0.6) is 5.75 Å². The van der Waals surface area contributed by atoms with E-state index in [0.717, 1.165) is 5.56 Å². The number of benzene rings is 2. The lowest BCUT2D eigenvalue weighted by atomic mass is 10.0. The Morgan fingerprint density at radius 3 is 2.27 bits per heavy atom. The molecular formula is C23H25NO6. The number of hydrogen-bond donors (Lipinski definition) is 1. The van der Waals surface area contributed by atoms with Gasteiger partial charge in [0.15, 0.2) is 17.7 Å². The zero-order chi connectivity index (χ0) is 22.3. The number of methoxy groups -OCH3 is 1. The number of rotatable bonds is 9. The Balaban J connectivity index is 1.86. The van der Waals surface area contributed by atoms with E-state index in [0.29, 0.717) is 22.6 Å². The third-order valence-electron chi connectivity index (χ3n) is 4.45. The Kier molecular flexibility index (Phi) is 7.86. The van der Waals surface area contributed by atoms with Crippen molar-refractivity contribution in [3.8, 4) is 5.75 Å². The third-order valence-corrected chi connectivity index (χ3v) is 4.45. The zero-order valence-corrected chi connectivity index (χ0v) is 17.5. The van der Waals surface area contributed by atoms with E-state index in [-0.39, 0.29) is 24.4 Å². The fourth-order valence-electron chi connectivity index (χ4n) is 2.73. The van der Waals surface area contributed by atoms with E-state index >= 15 is 0 Å². The van der Waals surface area contributed by atoms with Crippen molar-refractivity contribution < 1.29 is 28.7 Å². The van der Waals surface area contributed by atoms with Crippen LogP contribution in [0.15, 0.2) is 42.5 Å². The average Bonchev–Trinajstić information content (AvgIpc) is 2.72. The van der Waals surface area contributed by atoms with Gasteiger partial charge < -0.3 is 14.8 Å². The molecule has 0 saturated carbocycles. The highest BCUT2D eigenvalue weighted by Gasteiger charge is 2.20. The molecule has 0 aliphatic heterocycles. The predicted molar refractivity (Wildman–Crippen MR) is 112 cm³/mol.